The Morgan fingerprint density at radius 3 is 2.35 bits per heavy atom. The minimum absolute atomic E-state index is 0.0232. The van der Waals surface area contributed by atoms with E-state index in [1.807, 2.05) is 25.1 Å². The molecule has 2 aromatic carbocycles. The van der Waals surface area contributed by atoms with Crippen molar-refractivity contribution >= 4 is 5.91 Å². The van der Waals surface area contributed by atoms with Crippen LogP contribution in [0.4, 0.5) is 0 Å². The number of carbonyl (C=O) groups excluding carboxylic acids is 1. The van der Waals surface area contributed by atoms with Crippen LogP contribution in [-0.2, 0) is 4.79 Å². The summed E-state index contributed by atoms with van der Waals surface area (Å²) in [7, 11) is 0. The molecule has 0 saturated heterocycles. The number of nitrogens with one attached hydrogen (secondary N) is 2. The lowest BCUT2D eigenvalue weighted by molar-refractivity contribution is -0.120. The van der Waals surface area contributed by atoms with E-state index >= 15 is 0 Å². The first-order valence-corrected chi connectivity index (χ1v) is 8.38. The number of rotatable bonds is 7. The lowest BCUT2D eigenvalue weighted by Gasteiger charge is -2.15. The van der Waals surface area contributed by atoms with Crippen molar-refractivity contribution in [2.45, 2.75) is 25.8 Å². The maximum atomic E-state index is 11.9. The molecule has 1 saturated carbocycles. The Hall–Kier alpha value is -2.13. The third-order valence-electron chi connectivity index (χ3n) is 4.31. The highest BCUT2D eigenvalue weighted by Crippen LogP contribution is 2.27. The summed E-state index contributed by atoms with van der Waals surface area (Å²) in [6.07, 6.45) is 2.61. The van der Waals surface area contributed by atoms with Crippen molar-refractivity contribution in [3.05, 3.63) is 60.2 Å². The van der Waals surface area contributed by atoms with Crippen LogP contribution in [0, 0.1) is 5.92 Å². The number of hydrogen-bond donors (Lipinski definition) is 2. The molecule has 0 aromatic heterocycles. The maximum Gasteiger partial charge on any atom is 0.234 e. The molecule has 0 spiro atoms. The number of benzene rings is 2. The summed E-state index contributed by atoms with van der Waals surface area (Å²) in [5, 5.41) is 6.27. The van der Waals surface area contributed by atoms with Gasteiger partial charge in [0.1, 0.15) is 0 Å². The molecule has 0 aliphatic heterocycles. The zero-order valence-electron chi connectivity index (χ0n) is 13.6. The minimum Gasteiger partial charge on any atom is -0.348 e. The Kier molecular flexibility index (Phi) is 5.09. The monoisotopic (exact) mass is 308 g/mol. The molecular formula is C20H24N2O. The number of hydrogen-bond acceptors (Lipinski definition) is 2. The first kappa shape index (κ1) is 15.8. The average Bonchev–Trinajstić information content (AvgIpc) is 3.40. The van der Waals surface area contributed by atoms with E-state index in [1.54, 1.807) is 0 Å². The van der Waals surface area contributed by atoms with Crippen molar-refractivity contribution < 1.29 is 4.79 Å². The predicted molar refractivity (Wildman–Crippen MR) is 94.0 cm³/mol. The highest BCUT2D eigenvalue weighted by Gasteiger charge is 2.20. The van der Waals surface area contributed by atoms with Crippen molar-refractivity contribution in [1.29, 1.82) is 0 Å². The highest BCUT2D eigenvalue weighted by molar-refractivity contribution is 5.78. The summed E-state index contributed by atoms with van der Waals surface area (Å²) in [4.78, 5) is 11.9. The van der Waals surface area contributed by atoms with Gasteiger partial charge in [-0.1, -0.05) is 54.6 Å². The molecule has 2 N–H and O–H groups in total. The van der Waals surface area contributed by atoms with Gasteiger partial charge in [0.05, 0.1) is 12.6 Å². The van der Waals surface area contributed by atoms with Gasteiger partial charge in [-0.3, -0.25) is 4.79 Å². The Balaban J connectivity index is 1.52. The van der Waals surface area contributed by atoms with Crippen molar-refractivity contribution in [3.8, 4) is 11.1 Å². The van der Waals surface area contributed by atoms with E-state index in [0.29, 0.717) is 6.54 Å². The molecule has 3 nitrogen and oxygen atoms in total. The number of carbonyl (C=O) groups is 1. The zero-order valence-corrected chi connectivity index (χ0v) is 13.6. The first-order chi connectivity index (χ1) is 11.2. The van der Waals surface area contributed by atoms with Crippen LogP contribution >= 0.6 is 0 Å². The van der Waals surface area contributed by atoms with Crippen LogP contribution in [0.2, 0.25) is 0 Å². The Morgan fingerprint density at radius 2 is 1.70 bits per heavy atom. The van der Waals surface area contributed by atoms with E-state index in [1.165, 1.54) is 24.0 Å². The van der Waals surface area contributed by atoms with Crippen LogP contribution in [-0.4, -0.2) is 19.0 Å². The standard InChI is InChI=1S/C20H24N2O/c1-15(22-20(23)14-21-13-16-7-8-16)17-9-11-19(12-10-17)18-5-3-2-4-6-18/h2-6,9-12,15-16,21H,7-8,13-14H2,1H3,(H,22,23). The third kappa shape index (κ3) is 4.67. The lowest BCUT2D eigenvalue weighted by atomic mass is 10.0. The van der Waals surface area contributed by atoms with Crippen molar-refractivity contribution in [1.82, 2.24) is 10.6 Å². The maximum absolute atomic E-state index is 11.9. The molecule has 0 radical (unpaired) electrons. The molecule has 3 heteroatoms. The van der Waals surface area contributed by atoms with Crippen LogP contribution in [0.5, 0.6) is 0 Å². The van der Waals surface area contributed by atoms with Gasteiger partial charge < -0.3 is 10.6 Å². The molecular weight excluding hydrogens is 284 g/mol. The fourth-order valence-corrected chi connectivity index (χ4v) is 2.68. The molecule has 0 heterocycles. The van der Waals surface area contributed by atoms with Gasteiger partial charge in [-0.25, -0.2) is 0 Å². The Labute approximate surface area is 138 Å². The quantitative estimate of drug-likeness (QED) is 0.821. The second kappa shape index (κ2) is 7.42. The van der Waals surface area contributed by atoms with Crippen LogP contribution in [0.3, 0.4) is 0 Å². The summed E-state index contributed by atoms with van der Waals surface area (Å²) >= 11 is 0. The van der Waals surface area contributed by atoms with Gasteiger partial charge in [0.2, 0.25) is 5.91 Å². The fraction of sp³-hybridized carbons (Fsp3) is 0.350. The van der Waals surface area contributed by atoms with Gasteiger partial charge in [-0.2, -0.15) is 0 Å². The topological polar surface area (TPSA) is 41.1 Å². The van der Waals surface area contributed by atoms with E-state index in [0.717, 1.165) is 18.0 Å². The molecule has 1 aliphatic rings. The molecule has 2 aromatic rings. The van der Waals surface area contributed by atoms with Crippen molar-refractivity contribution in [2.75, 3.05) is 13.1 Å². The summed E-state index contributed by atoms with van der Waals surface area (Å²) in [5.74, 6) is 0.857. The van der Waals surface area contributed by atoms with Gasteiger partial charge in [0, 0.05) is 0 Å². The van der Waals surface area contributed by atoms with Crippen LogP contribution in [0.25, 0.3) is 11.1 Å². The molecule has 1 aliphatic carbocycles. The van der Waals surface area contributed by atoms with Gasteiger partial charge in [0.15, 0.2) is 0 Å². The highest BCUT2D eigenvalue weighted by atomic mass is 16.1. The summed E-state index contributed by atoms with van der Waals surface area (Å²) in [5.41, 5.74) is 3.53. The molecule has 0 bridgehead atoms. The van der Waals surface area contributed by atoms with Crippen molar-refractivity contribution in [3.63, 3.8) is 0 Å². The molecule has 1 fully saturated rings. The molecule has 3 rings (SSSR count). The molecule has 1 atom stereocenters. The third-order valence-corrected chi connectivity index (χ3v) is 4.31. The van der Waals surface area contributed by atoms with Gasteiger partial charge in [0.25, 0.3) is 0 Å². The fourth-order valence-electron chi connectivity index (χ4n) is 2.68. The van der Waals surface area contributed by atoms with E-state index in [-0.39, 0.29) is 11.9 Å². The van der Waals surface area contributed by atoms with Gasteiger partial charge >= 0.3 is 0 Å². The average molecular weight is 308 g/mol. The first-order valence-electron chi connectivity index (χ1n) is 8.38. The van der Waals surface area contributed by atoms with E-state index < -0.39 is 0 Å². The Morgan fingerprint density at radius 1 is 1.04 bits per heavy atom. The normalized spacial score (nSPS) is 15.2. The van der Waals surface area contributed by atoms with Crippen LogP contribution < -0.4 is 10.6 Å². The Bertz CT molecular complexity index is 632. The molecule has 1 unspecified atom stereocenters. The molecule has 23 heavy (non-hydrogen) atoms. The molecule has 1 amide bonds. The smallest absolute Gasteiger partial charge is 0.234 e. The second-order valence-corrected chi connectivity index (χ2v) is 6.35. The summed E-state index contributed by atoms with van der Waals surface area (Å²) in [6.45, 7) is 3.40. The summed E-state index contributed by atoms with van der Waals surface area (Å²) < 4.78 is 0. The number of amides is 1. The van der Waals surface area contributed by atoms with Crippen LogP contribution in [0.1, 0.15) is 31.4 Å². The second-order valence-electron chi connectivity index (χ2n) is 6.35. The minimum atomic E-state index is 0.0232. The zero-order chi connectivity index (χ0) is 16.1. The molecule has 120 valence electrons. The largest absolute Gasteiger partial charge is 0.348 e. The van der Waals surface area contributed by atoms with E-state index in [9.17, 15) is 4.79 Å². The van der Waals surface area contributed by atoms with Gasteiger partial charge in [-0.15, -0.1) is 0 Å². The predicted octanol–water partition coefficient (Wildman–Crippen LogP) is 3.53. The van der Waals surface area contributed by atoms with Crippen LogP contribution in [0.15, 0.2) is 54.6 Å². The van der Waals surface area contributed by atoms with Gasteiger partial charge in [-0.05, 0) is 48.9 Å². The van der Waals surface area contributed by atoms with Crippen molar-refractivity contribution in [2.24, 2.45) is 5.92 Å². The van der Waals surface area contributed by atoms with E-state index in [4.69, 9.17) is 0 Å². The van der Waals surface area contributed by atoms with E-state index in [2.05, 4.69) is 47.0 Å². The lowest BCUT2D eigenvalue weighted by Crippen LogP contribution is -2.36. The SMILES string of the molecule is CC(NC(=O)CNCC1CC1)c1ccc(-c2ccccc2)cc1. The summed E-state index contributed by atoms with van der Waals surface area (Å²) in [6, 6.07) is 18.7.